The van der Waals surface area contributed by atoms with Gasteiger partial charge in [-0.3, -0.25) is 4.79 Å². The van der Waals surface area contributed by atoms with Crippen LogP contribution in [-0.2, 0) is 26.2 Å². The first-order chi connectivity index (χ1) is 13.8. The number of hydrogen-bond donors (Lipinski definition) is 0. The highest BCUT2D eigenvalue weighted by Crippen LogP contribution is 2.20. The van der Waals surface area contributed by atoms with Gasteiger partial charge in [0, 0.05) is 33.2 Å². The van der Waals surface area contributed by atoms with Crippen LogP contribution < -0.4 is 0 Å². The fourth-order valence-electron chi connectivity index (χ4n) is 3.34. The second-order valence-corrected chi connectivity index (χ2v) is 9.36. The van der Waals surface area contributed by atoms with Crippen molar-refractivity contribution >= 4 is 22.0 Å². The summed E-state index contributed by atoms with van der Waals surface area (Å²) in [6.07, 6.45) is 0.163. The van der Waals surface area contributed by atoms with E-state index in [2.05, 4.69) is 0 Å². The molecule has 1 fully saturated rings. The molecule has 1 saturated heterocycles. The van der Waals surface area contributed by atoms with Crippen LogP contribution >= 0.6 is 0 Å². The molecule has 29 heavy (non-hydrogen) atoms. The van der Waals surface area contributed by atoms with Gasteiger partial charge in [-0.2, -0.15) is 4.31 Å². The van der Waals surface area contributed by atoms with Gasteiger partial charge in [-0.25, -0.2) is 13.2 Å². The van der Waals surface area contributed by atoms with Crippen molar-refractivity contribution in [3.05, 3.63) is 35.9 Å². The van der Waals surface area contributed by atoms with E-state index in [1.54, 1.807) is 9.80 Å². The molecular formula is C20H31N3O5S. The largest absolute Gasteiger partial charge is 0.445 e. The third-order valence-electron chi connectivity index (χ3n) is 5.14. The number of amides is 2. The number of nitrogens with zero attached hydrogens (tertiary/aromatic N) is 3. The first kappa shape index (κ1) is 23.2. The van der Waals surface area contributed by atoms with Gasteiger partial charge in [0.2, 0.25) is 15.9 Å². The molecule has 0 bridgehead atoms. The van der Waals surface area contributed by atoms with Crippen molar-refractivity contribution in [2.45, 2.75) is 26.9 Å². The van der Waals surface area contributed by atoms with Gasteiger partial charge in [0.15, 0.2) is 0 Å². The van der Waals surface area contributed by atoms with Gasteiger partial charge in [-0.1, -0.05) is 30.3 Å². The van der Waals surface area contributed by atoms with E-state index in [1.807, 2.05) is 44.2 Å². The van der Waals surface area contributed by atoms with E-state index in [0.29, 0.717) is 32.6 Å². The van der Waals surface area contributed by atoms with Gasteiger partial charge in [-0.05, 0) is 31.7 Å². The third-order valence-corrected chi connectivity index (χ3v) is 7.12. The maximum Gasteiger partial charge on any atom is 0.410 e. The molecule has 0 aromatic heterocycles. The molecule has 1 aliphatic heterocycles. The average molecular weight is 426 g/mol. The fourth-order valence-corrected chi connectivity index (χ4v) is 4.76. The fraction of sp³-hybridized carbons (Fsp3) is 0.600. The molecule has 9 heteroatoms. The number of sulfonamides is 1. The van der Waals surface area contributed by atoms with Crippen LogP contribution in [-0.4, -0.2) is 80.0 Å². The number of rotatable bonds is 9. The van der Waals surface area contributed by atoms with Crippen molar-refractivity contribution in [2.24, 2.45) is 5.92 Å². The lowest BCUT2D eigenvalue weighted by Crippen LogP contribution is -2.42. The molecule has 0 spiro atoms. The van der Waals surface area contributed by atoms with Crippen molar-refractivity contribution < 1.29 is 22.7 Å². The van der Waals surface area contributed by atoms with Crippen LogP contribution in [0.5, 0.6) is 0 Å². The van der Waals surface area contributed by atoms with Gasteiger partial charge in [-0.15, -0.1) is 0 Å². The predicted octanol–water partition coefficient (Wildman–Crippen LogP) is 1.78. The van der Waals surface area contributed by atoms with Gasteiger partial charge in [0.05, 0.1) is 12.3 Å². The quantitative estimate of drug-likeness (QED) is 0.602. The summed E-state index contributed by atoms with van der Waals surface area (Å²) in [5.74, 6) is -0.466. The minimum atomic E-state index is -3.59. The van der Waals surface area contributed by atoms with Crippen molar-refractivity contribution in [1.82, 2.24) is 14.1 Å². The molecule has 162 valence electrons. The summed E-state index contributed by atoms with van der Waals surface area (Å²) < 4.78 is 31.7. The highest BCUT2D eigenvalue weighted by Gasteiger charge is 2.33. The first-order valence-electron chi connectivity index (χ1n) is 9.94. The smallest absolute Gasteiger partial charge is 0.410 e. The molecule has 8 nitrogen and oxygen atoms in total. The van der Waals surface area contributed by atoms with Gasteiger partial charge in [0.1, 0.15) is 6.61 Å². The Kier molecular flexibility index (Phi) is 8.45. The maximum absolute atomic E-state index is 12.6. The Morgan fingerprint density at radius 1 is 1.17 bits per heavy atom. The molecule has 0 saturated carbocycles. The lowest BCUT2D eigenvalue weighted by Gasteiger charge is -2.24. The van der Waals surface area contributed by atoms with Crippen LogP contribution in [0, 0.1) is 5.92 Å². The lowest BCUT2D eigenvalue weighted by atomic mass is 10.2. The molecule has 1 atom stereocenters. The minimum Gasteiger partial charge on any atom is -0.445 e. The summed E-state index contributed by atoms with van der Waals surface area (Å²) in [7, 11) is -2.16. The normalized spacial score (nSPS) is 16.8. The van der Waals surface area contributed by atoms with Crippen molar-refractivity contribution in [2.75, 3.05) is 45.5 Å². The summed E-state index contributed by atoms with van der Waals surface area (Å²) in [6, 6.07) is 9.40. The molecule has 0 radical (unpaired) electrons. The summed E-state index contributed by atoms with van der Waals surface area (Å²) in [6.45, 7) is 5.65. The van der Waals surface area contributed by atoms with E-state index in [9.17, 15) is 18.0 Å². The highest BCUT2D eigenvalue weighted by atomic mass is 32.2. The molecule has 1 heterocycles. The number of likely N-dealkylation sites (tertiary alicyclic amines) is 1. The predicted molar refractivity (Wildman–Crippen MR) is 111 cm³/mol. The van der Waals surface area contributed by atoms with Crippen LogP contribution in [0.2, 0.25) is 0 Å². The van der Waals surface area contributed by atoms with Crippen LogP contribution in [0.25, 0.3) is 0 Å². The zero-order chi connectivity index (χ0) is 21.4. The SMILES string of the molecule is CCN(CC)C(=O)CN(C)S(=O)(=O)C[C@H]1CCN(C(=O)OCc2ccccc2)C1. The molecule has 2 amide bonds. The zero-order valence-electron chi connectivity index (χ0n) is 17.4. The topological polar surface area (TPSA) is 87.2 Å². The molecule has 0 N–H and O–H groups in total. The number of likely N-dealkylation sites (N-methyl/N-ethyl adjacent to an activating group) is 2. The number of ether oxygens (including phenoxy) is 1. The van der Waals surface area contributed by atoms with Crippen LogP contribution in [0.4, 0.5) is 4.79 Å². The summed E-state index contributed by atoms with van der Waals surface area (Å²) in [4.78, 5) is 27.6. The van der Waals surface area contributed by atoms with E-state index in [1.165, 1.54) is 7.05 Å². The van der Waals surface area contributed by atoms with Crippen molar-refractivity contribution in [3.63, 3.8) is 0 Å². The molecule has 0 unspecified atom stereocenters. The highest BCUT2D eigenvalue weighted by molar-refractivity contribution is 7.89. The molecule has 0 aliphatic carbocycles. The zero-order valence-corrected chi connectivity index (χ0v) is 18.2. The van der Waals surface area contributed by atoms with Crippen molar-refractivity contribution in [1.29, 1.82) is 0 Å². The Morgan fingerprint density at radius 3 is 2.45 bits per heavy atom. The summed E-state index contributed by atoms with van der Waals surface area (Å²) in [5.41, 5.74) is 0.902. The summed E-state index contributed by atoms with van der Waals surface area (Å²) >= 11 is 0. The minimum absolute atomic E-state index is 0.0858. The third kappa shape index (κ3) is 6.71. The lowest BCUT2D eigenvalue weighted by molar-refractivity contribution is -0.130. The van der Waals surface area contributed by atoms with Gasteiger partial charge in [0.25, 0.3) is 0 Å². The van der Waals surface area contributed by atoms with E-state index in [0.717, 1.165) is 9.87 Å². The maximum atomic E-state index is 12.6. The van der Waals surface area contributed by atoms with Gasteiger partial charge >= 0.3 is 6.09 Å². The standard InChI is InChI=1S/C20H31N3O5S/c1-4-22(5-2)19(24)14-21(3)29(26,27)16-18-11-12-23(13-18)20(25)28-15-17-9-7-6-8-10-17/h6-10,18H,4-5,11-16H2,1-3H3/t18-/m0/s1. The number of hydrogen-bond acceptors (Lipinski definition) is 5. The van der Waals surface area contributed by atoms with E-state index in [-0.39, 0.29) is 30.7 Å². The first-order valence-corrected chi connectivity index (χ1v) is 11.5. The molecule has 1 aromatic carbocycles. The Morgan fingerprint density at radius 2 is 1.83 bits per heavy atom. The average Bonchev–Trinajstić information content (AvgIpc) is 3.15. The Balaban J connectivity index is 1.82. The van der Waals surface area contributed by atoms with Crippen molar-refractivity contribution in [3.8, 4) is 0 Å². The number of benzene rings is 1. The Hall–Kier alpha value is -2.13. The molecule has 1 aliphatic rings. The second-order valence-electron chi connectivity index (χ2n) is 7.24. The molecular weight excluding hydrogens is 394 g/mol. The Labute approximate surface area is 173 Å². The number of carbonyl (C=O) groups excluding carboxylic acids is 2. The van der Waals surface area contributed by atoms with E-state index in [4.69, 9.17) is 4.74 Å². The van der Waals surface area contributed by atoms with E-state index < -0.39 is 16.1 Å². The molecule has 1 aromatic rings. The second kappa shape index (κ2) is 10.6. The van der Waals surface area contributed by atoms with E-state index >= 15 is 0 Å². The van der Waals surface area contributed by atoms with Gasteiger partial charge < -0.3 is 14.5 Å². The number of carbonyl (C=O) groups is 2. The van der Waals surface area contributed by atoms with Crippen LogP contribution in [0.1, 0.15) is 25.8 Å². The monoisotopic (exact) mass is 425 g/mol. The Bertz CT molecular complexity index is 781. The van der Waals surface area contributed by atoms with Crippen LogP contribution in [0.3, 0.4) is 0 Å². The molecule has 2 rings (SSSR count). The summed E-state index contributed by atoms with van der Waals surface area (Å²) in [5, 5.41) is 0. The van der Waals surface area contributed by atoms with Crippen LogP contribution in [0.15, 0.2) is 30.3 Å².